The van der Waals surface area contributed by atoms with E-state index in [0.29, 0.717) is 28.5 Å². The van der Waals surface area contributed by atoms with Crippen LogP contribution in [-0.4, -0.2) is 32.3 Å². The van der Waals surface area contributed by atoms with E-state index in [1.807, 2.05) is 0 Å². The number of hydrogen-bond acceptors (Lipinski definition) is 6. The fourth-order valence-corrected chi connectivity index (χ4v) is 6.98. The van der Waals surface area contributed by atoms with Gasteiger partial charge in [-0.05, 0) is 36.6 Å². The molecule has 1 N–H and O–H groups in total. The van der Waals surface area contributed by atoms with E-state index in [1.54, 1.807) is 0 Å². The zero-order valence-corrected chi connectivity index (χ0v) is 17.8. The first-order valence-corrected chi connectivity index (χ1v) is 12.7. The molecule has 0 amide bonds. The molecule has 0 spiro atoms. The summed E-state index contributed by atoms with van der Waals surface area (Å²) in [5, 5.41) is 5.88. The molecule has 28 heavy (non-hydrogen) atoms. The summed E-state index contributed by atoms with van der Waals surface area (Å²) in [6.07, 6.45) is 2.74. The second-order valence-corrected chi connectivity index (χ2v) is 11.9. The zero-order chi connectivity index (χ0) is 20.5. The first-order valence-electron chi connectivity index (χ1n) is 8.55. The van der Waals surface area contributed by atoms with Crippen LogP contribution in [0.3, 0.4) is 0 Å². The molecule has 7 nitrogen and oxygen atoms in total. The van der Waals surface area contributed by atoms with E-state index >= 15 is 0 Å². The first-order chi connectivity index (χ1) is 13.1. The number of sulfone groups is 2. The van der Waals surface area contributed by atoms with E-state index < -0.39 is 36.1 Å². The fourth-order valence-electron chi connectivity index (χ4n) is 3.25. The van der Waals surface area contributed by atoms with Crippen molar-refractivity contribution < 1.29 is 16.8 Å². The number of aromatic amines is 1. The highest BCUT2D eigenvalue weighted by molar-refractivity contribution is 7.92. The average molecular weight is 465 g/mol. The molecular formula is C17H18Cl2N2O5S2. The molecule has 1 aromatic carbocycles. The normalized spacial score (nSPS) is 15.8. The van der Waals surface area contributed by atoms with Gasteiger partial charge < -0.3 is 0 Å². The number of aromatic nitrogens is 2. The Morgan fingerprint density at radius 2 is 1.57 bits per heavy atom. The van der Waals surface area contributed by atoms with E-state index in [0.717, 1.165) is 18.9 Å². The van der Waals surface area contributed by atoms with Crippen LogP contribution in [-0.2, 0) is 31.2 Å². The van der Waals surface area contributed by atoms with Gasteiger partial charge in [-0.25, -0.2) is 16.8 Å². The third-order valence-electron chi connectivity index (χ3n) is 4.56. The van der Waals surface area contributed by atoms with Crippen molar-refractivity contribution >= 4 is 42.9 Å². The number of nitrogens with zero attached hydrogens (tertiary/aromatic N) is 1. The van der Waals surface area contributed by atoms with Gasteiger partial charge in [0, 0.05) is 16.1 Å². The van der Waals surface area contributed by atoms with E-state index in [2.05, 4.69) is 10.2 Å². The molecule has 0 unspecified atom stereocenters. The average Bonchev–Trinajstić information content (AvgIpc) is 3.10. The zero-order valence-electron chi connectivity index (χ0n) is 14.7. The van der Waals surface area contributed by atoms with Crippen molar-refractivity contribution in [1.29, 1.82) is 0 Å². The molecule has 0 aliphatic heterocycles. The molecule has 0 atom stereocenters. The molecule has 1 aliphatic carbocycles. The van der Waals surface area contributed by atoms with E-state index in [4.69, 9.17) is 23.2 Å². The van der Waals surface area contributed by atoms with Crippen LogP contribution in [0.1, 0.15) is 36.9 Å². The van der Waals surface area contributed by atoms with Crippen LogP contribution in [0.25, 0.3) is 0 Å². The molecule has 1 fully saturated rings. The number of benzene rings is 1. The highest BCUT2D eigenvalue weighted by Gasteiger charge is 2.31. The third-order valence-corrected chi connectivity index (χ3v) is 8.65. The van der Waals surface area contributed by atoms with Crippen LogP contribution in [0, 0.1) is 0 Å². The van der Waals surface area contributed by atoms with Crippen LogP contribution >= 0.6 is 23.2 Å². The Labute approximate surface area is 172 Å². The lowest BCUT2D eigenvalue weighted by Crippen LogP contribution is -2.24. The van der Waals surface area contributed by atoms with Crippen LogP contribution in [0.5, 0.6) is 0 Å². The highest BCUT2D eigenvalue weighted by Crippen LogP contribution is 2.28. The molecule has 1 saturated carbocycles. The summed E-state index contributed by atoms with van der Waals surface area (Å²) in [6.45, 7) is 0. The summed E-state index contributed by atoms with van der Waals surface area (Å²) in [4.78, 5) is 12.3. The Morgan fingerprint density at radius 3 is 2.14 bits per heavy atom. The molecule has 0 radical (unpaired) electrons. The molecule has 1 aliphatic rings. The van der Waals surface area contributed by atoms with Gasteiger partial charge >= 0.3 is 0 Å². The van der Waals surface area contributed by atoms with Crippen molar-refractivity contribution in [1.82, 2.24) is 10.2 Å². The molecular weight excluding hydrogens is 447 g/mol. The largest absolute Gasteiger partial charge is 0.288 e. The Morgan fingerprint density at radius 1 is 0.964 bits per heavy atom. The first kappa shape index (κ1) is 21.3. The van der Waals surface area contributed by atoms with Crippen LogP contribution in [0.15, 0.2) is 34.1 Å². The van der Waals surface area contributed by atoms with Gasteiger partial charge in [-0.2, -0.15) is 5.10 Å². The molecule has 3 rings (SSSR count). The van der Waals surface area contributed by atoms with Crippen LogP contribution < -0.4 is 5.43 Å². The van der Waals surface area contributed by atoms with Crippen LogP contribution in [0.4, 0.5) is 0 Å². The minimum Gasteiger partial charge on any atom is -0.288 e. The van der Waals surface area contributed by atoms with Gasteiger partial charge in [-0.15, -0.1) is 0 Å². The second-order valence-electron chi connectivity index (χ2n) is 6.80. The topological polar surface area (TPSA) is 114 Å². The summed E-state index contributed by atoms with van der Waals surface area (Å²) >= 11 is 11.7. The Balaban J connectivity index is 1.81. The molecule has 2 aromatic rings. The predicted molar refractivity (Wildman–Crippen MR) is 107 cm³/mol. The Hall–Kier alpha value is -1.42. The molecule has 0 saturated heterocycles. The quantitative estimate of drug-likeness (QED) is 0.702. The lowest BCUT2D eigenvalue weighted by Gasteiger charge is -2.11. The standard InChI is InChI=1S/C17H18Cl2N2O5S2/c18-12-5-11(6-13(19)7-12)9-27(23,24)10-15-16(22)8-17(21-20-15)28(25,26)14-3-1-2-4-14/h5-8,14H,1-4,9-10H2,(H,21,22). The third kappa shape index (κ3) is 4.94. The fraction of sp³-hybridized carbons (Fsp3) is 0.412. The Kier molecular flexibility index (Phi) is 6.19. The van der Waals surface area contributed by atoms with Gasteiger partial charge in [-0.3, -0.25) is 9.89 Å². The van der Waals surface area contributed by atoms with Crippen molar-refractivity contribution in [2.75, 3.05) is 0 Å². The number of rotatable bonds is 6. The maximum Gasteiger partial charge on any atom is 0.205 e. The number of nitrogens with one attached hydrogen (secondary N) is 1. The number of H-pyrrole nitrogens is 1. The van der Waals surface area contributed by atoms with Crippen LogP contribution in [0.2, 0.25) is 10.0 Å². The van der Waals surface area contributed by atoms with E-state index in [9.17, 15) is 21.6 Å². The summed E-state index contributed by atoms with van der Waals surface area (Å²) in [6, 6.07) is 5.34. The van der Waals surface area contributed by atoms with Gasteiger partial charge in [0.2, 0.25) is 5.43 Å². The molecule has 1 heterocycles. The second kappa shape index (κ2) is 8.14. The number of hydrogen-bond donors (Lipinski definition) is 1. The minimum atomic E-state index is -3.76. The van der Waals surface area contributed by atoms with Gasteiger partial charge in [0.05, 0.1) is 16.8 Å². The molecule has 0 bridgehead atoms. The lowest BCUT2D eigenvalue weighted by molar-refractivity contribution is 0.572. The summed E-state index contributed by atoms with van der Waals surface area (Å²) in [5.74, 6) is -1.01. The number of halogens is 2. The highest BCUT2D eigenvalue weighted by atomic mass is 35.5. The summed E-state index contributed by atoms with van der Waals surface area (Å²) in [5.41, 5.74) is -0.615. The Bertz CT molecular complexity index is 1130. The molecule has 1 aromatic heterocycles. The van der Waals surface area contributed by atoms with Gasteiger partial charge in [-0.1, -0.05) is 36.0 Å². The van der Waals surface area contributed by atoms with Crippen molar-refractivity contribution in [3.8, 4) is 0 Å². The smallest absolute Gasteiger partial charge is 0.205 e. The molecule has 11 heteroatoms. The van der Waals surface area contributed by atoms with Crippen molar-refractivity contribution in [2.24, 2.45) is 0 Å². The SMILES string of the molecule is O=c1cc(S(=O)(=O)C2CCCC2)[nH]nc1CS(=O)(=O)Cc1cc(Cl)cc(Cl)c1. The van der Waals surface area contributed by atoms with E-state index in [1.165, 1.54) is 18.2 Å². The molecule has 152 valence electrons. The maximum atomic E-state index is 12.5. The van der Waals surface area contributed by atoms with Gasteiger partial charge in [0.1, 0.15) is 5.69 Å². The predicted octanol–water partition coefficient (Wildman–Crippen LogP) is 2.91. The van der Waals surface area contributed by atoms with Crippen molar-refractivity contribution in [3.05, 3.63) is 55.8 Å². The van der Waals surface area contributed by atoms with Crippen molar-refractivity contribution in [3.63, 3.8) is 0 Å². The lowest BCUT2D eigenvalue weighted by atomic mass is 10.2. The van der Waals surface area contributed by atoms with Crippen molar-refractivity contribution in [2.45, 2.75) is 47.5 Å². The monoisotopic (exact) mass is 464 g/mol. The minimum absolute atomic E-state index is 0.265. The maximum absolute atomic E-state index is 12.5. The van der Waals surface area contributed by atoms with Gasteiger partial charge in [0.25, 0.3) is 0 Å². The van der Waals surface area contributed by atoms with E-state index in [-0.39, 0.29) is 16.5 Å². The summed E-state index contributed by atoms with van der Waals surface area (Å²) < 4.78 is 49.9. The van der Waals surface area contributed by atoms with Gasteiger partial charge in [0.15, 0.2) is 24.7 Å². The summed E-state index contributed by atoms with van der Waals surface area (Å²) in [7, 11) is -7.43.